The van der Waals surface area contributed by atoms with E-state index in [1.54, 1.807) is 12.1 Å². The predicted octanol–water partition coefficient (Wildman–Crippen LogP) is 0.552. The Morgan fingerprint density at radius 1 is 1.55 bits per heavy atom. The zero-order chi connectivity index (χ0) is 14.1. The summed E-state index contributed by atoms with van der Waals surface area (Å²) in [5.41, 5.74) is 7.31. The molecule has 1 amide bonds. The Hall–Kier alpha value is -1.92. The van der Waals surface area contributed by atoms with Gasteiger partial charge in [-0.3, -0.25) is 4.79 Å². The summed E-state index contributed by atoms with van der Waals surface area (Å²) in [6, 6.07) is 5.56. The molecule has 0 radical (unpaired) electrons. The summed E-state index contributed by atoms with van der Waals surface area (Å²) in [4.78, 5) is 16.1. The Morgan fingerprint density at radius 3 is 3.05 bits per heavy atom. The lowest BCUT2D eigenvalue weighted by Crippen LogP contribution is -2.19. The normalized spacial score (nSPS) is 18.8. The fourth-order valence-electron chi connectivity index (χ4n) is 2.87. The van der Waals surface area contributed by atoms with Crippen LogP contribution < -0.4 is 11.1 Å². The van der Waals surface area contributed by atoms with Gasteiger partial charge < -0.3 is 20.7 Å². The van der Waals surface area contributed by atoms with E-state index >= 15 is 0 Å². The minimum atomic E-state index is -0.477. The topological polar surface area (TPSA) is 93.2 Å². The summed E-state index contributed by atoms with van der Waals surface area (Å²) in [7, 11) is 0. The van der Waals surface area contributed by atoms with E-state index in [0.717, 1.165) is 30.7 Å². The lowest BCUT2D eigenvalue weighted by molar-refractivity contribution is 0.100. The molecule has 1 unspecified atom stereocenters. The summed E-state index contributed by atoms with van der Waals surface area (Å²) in [5, 5.41) is 12.7. The largest absolute Gasteiger partial charge is 0.395 e. The number of hydrogen-bond acceptors (Lipinski definition) is 4. The summed E-state index contributed by atoms with van der Waals surface area (Å²) >= 11 is 0. The summed E-state index contributed by atoms with van der Waals surface area (Å²) < 4.78 is 1.98. The van der Waals surface area contributed by atoms with Gasteiger partial charge in [0.25, 0.3) is 5.91 Å². The number of aromatic nitrogens is 2. The maximum Gasteiger partial charge on any atom is 0.250 e. The summed E-state index contributed by atoms with van der Waals surface area (Å²) in [5.74, 6) is 0.399. The molecule has 0 spiro atoms. The molecule has 4 N–H and O–H groups in total. The number of aliphatic hydroxyl groups is 1. The average molecular weight is 274 g/mol. The highest BCUT2D eigenvalue weighted by molar-refractivity contribution is 6.04. The van der Waals surface area contributed by atoms with Gasteiger partial charge in [-0.2, -0.15) is 0 Å². The number of carbonyl (C=O) groups excluding carboxylic acids is 1. The molecule has 1 fully saturated rings. The highest BCUT2D eigenvalue weighted by atomic mass is 16.3. The lowest BCUT2D eigenvalue weighted by atomic mass is 10.2. The van der Waals surface area contributed by atoms with Crippen molar-refractivity contribution in [3.05, 3.63) is 29.6 Å². The van der Waals surface area contributed by atoms with Crippen LogP contribution >= 0.6 is 0 Å². The third-order valence-electron chi connectivity index (χ3n) is 3.77. The third kappa shape index (κ3) is 2.07. The molecule has 0 aliphatic carbocycles. The van der Waals surface area contributed by atoms with Crippen LogP contribution in [0.3, 0.4) is 0 Å². The number of primary amides is 1. The second kappa shape index (κ2) is 5.22. The molecule has 1 aromatic heterocycles. The Balaban J connectivity index is 2.20. The molecule has 20 heavy (non-hydrogen) atoms. The van der Waals surface area contributed by atoms with Gasteiger partial charge in [-0.25, -0.2) is 4.98 Å². The Morgan fingerprint density at radius 2 is 2.40 bits per heavy atom. The Kier molecular flexibility index (Phi) is 3.42. The van der Waals surface area contributed by atoms with Crippen LogP contribution in [-0.2, 0) is 6.54 Å². The number of imidazole rings is 1. The molecule has 3 rings (SSSR count). The first-order chi connectivity index (χ1) is 9.72. The van der Waals surface area contributed by atoms with Crippen molar-refractivity contribution < 1.29 is 9.90 Å². The molecule has 0 saturated carbocycles. The van der Waals surface area contributed by atoms with Crippen molar-refractivity contribution in [1.29, 1.82) is 0 Å². The number of para-hydroxylation sites is 1. The lowest BCUT2D eigenvalue weighted by Gasteiger charge is -2.12. The van der Waals surface area contributed by atoms with Crippen LogP contribution in [0.5, 0.6) is 0 Å². The number of carbonyl (C=O) groups is 1. The van der Waals surface area contributed by atoms with E-state index in [1.807, 2.05) is 10.6 Å². The molecule has 1 atom stereocenters. The Bertz CT molecular complexity index is 644. The highest BCUT2D eigenvalue weighted by Gasteiger charge is 2.24. The van der Waals surface area contributed by atoms with Crippen molar-refractivity contribution in [3.63, 3.8) is 0 Å². The van der Waals surface area contributed by atoms with Crippen LogP contribution in [0.2, 0.25) is 0 Å². The van der Waals surface area contributed by atoms with E-state index in [0.29, 0.717) is 17.6 Å². The molecule has 2 aromatic rings. The monoisotopic (exact) mass is 274 g/mol. The van der Waals surface area contributed by atoms with Crippen LogP contribution in [0, 0.1) is 0 Å². The van der Waals surface area contributed by atoms with Gasteiger partial charge in [0, 0.05) is 6.54 Å². The molecular formula is C14H18N4O2. The van der Waals surface area contributed by atoms with Crippen molar-refractivity contribution >= 4 is 16.9 Å². The van der Waals surface area contributed by atoms with Gasteiger partial charge in [-0.1, -0.05) is 6.07 Å². The standard InChI is InChI=1S/C14H18N4O2/c15-13(20)9-3-1-5-11-12(9)17-14(18(11)7-8-19)10-4-2-6-16-10/h1,3,5,10,16,19H,2,4,6-8H2,(H2,15,20). The fraction of sp³-hybridized carbons (Fsp3) is 0.429. The molecule has 1 aromatic carbocycles. The zero-order valence-corrected chi connectivity index (χ0v) is 11.2. The smallest absolute Gasteiger partial charge is 0.250 e. The van der Waals surface area contributed by atoms with Crippen molar-refractivity contribution in [2.75, 3.05) is 13.2 Å². The van der Waals surface area contributed by atoms with E-state index in [2.05, 4.69) is 10.3 Å². The van der Waals surface area contributed by atoms with Gasteiger partial charge in [0.05, 0.1) is 23.7 Å². The molecule has 0 bridgehead atoms. The first-order valence-electron chi connectivity index (χ1n) is 6.85. The Labute approximate surface area is 116 Å². The number of aliphatic hydroxyl groups excluding tert-OH is 1. The first kappa shape index (κ1) is 13.1. The first-order valence-corrected chi connectivity index (χ1v) is 6.85. The zero-order valence-electron chi connectivity index (χ0n) is 11.2. The van der Waals surface area contributed by atoms with Crippen molar-refractivity contribution in [1.82, 2.24) is 14.9 Å². The minimum Gasteiger partial charge on any atom is -0.395 e. The number of nitrogens with zero attached hydrogens (tertiary/aromatic N) is 2. The van der Waals surface area contributed by atoms with E-state index in [4.69, 9.17) is 5.73 Å². The molecule has 1 aliphatic rings. The summed E-state index contributed by atoms with van der Waals surface area (Å²) in [6.07, 6.45) is 2.12. The van der Waals surface area contributed by atoms with Crippen LogP contribution in [0.15, 0.2) is 18.2 Å². The number of benzene rings is 1. The van der Waals surface area contributed by atoms with E-state index in [-0.39, 0.29) is 12.6 Å². The molecule has 2 heterocycles. The number of amides is 1. The molecular weight excluding hydrogens is 256 g/mol. The molecule has 1 aliphatic heterocycles. The molecule has 1 saturated heterocycles. The van der Waals surface area contributed by atoms with Crippen molar-refractivity contribution in [2.45, 2.75) is 25.4 Å². The second-order valence-electron chi connectivity index (χ2n) is 5.03. The van der Waals surface area contributed by atoms with Gasteiger partial charge in [0.1, 0.15) is 11.3 Å². The number of nitrogens with two attached hydrogens (primary N) is 1. The van der Waals surface area contributed by atoms with Crippen molar-refractivity contribution in [3.8, 4) is 0 Å². The van der Waals surface area contributed by atoms with Gasteiger partial charge >= 0.3 is 0 Å². The van der Waals surface area contributed by atoms with Crippen molar-refractivity contribution in [2.24, 2.45) is 5.73 Å². The van der Waals surface area contributed by atoms with Gasteiger partial charge in [0.15, 0.2) is 0 Å². The molecule has 6 heteroatoms. The van der Waals surface area contributed by atoms with Gasteiger partial charge in [-0.15, -0.1) is 0 Å². The van der Waals surface area contributed by atoms with E-state index in [1.165, 1.54) is 0 Å². The van der Waals surface area contributed by atoms with Gasteiger partial charge in [-0.05, 0) is 31.5 Å². The maximum atomic E-state index is 11.5. The van der Waals surface area contributed by atoms with E-state index in [9.17, 15) is 9.90 Å². The van der Waals surface area contributed by atoms with Gasteiger partial charge in [0.2, 0.25) is 0 Å². The number of hydrogen-bond donors (Lipinski definition) is 3. The number of nitrogens with one attached hydrogen (secondary N) is 1. The predicted molar refractivity (Wildman–Crippen MR) is 75.3 cm³/mol. The third-order valence-corrected chi connectivity index (χ3v) is 3.77. The second-order valence-corrected chi connectivity index (χ2v) is 5.03. The maximum absolute atomic E-state index is 11.5. The quantitative estimate of drug-likeness (QED) is 0.759. The average Bonchev–Trinajstić information content (AvgIpc) is 3.06. The number of fused-ring (bicyclic) bond motifs is 1. The fourth-order valence-corrected chi connectivity index (χ4v) is 2.87. The van der Waals surface area contributed by atoms with Crippen LogP contribution in [0.1, 0.15) is 35.1 Å². The molecule has 6 nitrogen and oxygen atoms in total. The van der Waals surface area contributed by atoms with Crippen LogP contribution in [0.4, 0.5) is 0 Å². The highest BCUT2D eigenvalue weighted by Crippen LogP contribution is 2.27. The van der Waals surface area contributed by atoms with Crippen LogP contribution in [-0.4, -0.2) is 33.7 Å². The molecule has 106 valence electrons. The minimum absolute atomic E-state index is 0.0337. The summed E-state index contributed by atoms with van der Waals surface area (Å²) in [6.45, 7) is 1.47. The van der Waals surface area contributed by atoms with Crippen LogP contribution in [0.25, 0.3) is 11.0 Å². The van der Waals surface area contributed by atoms with E-state index < -0.39 is 5.91 Å². The SMILES string of the molecule is NC(=O)c1cccc2c1nc(C1CCCN1)n2CCO. The number of rotatable bonds is 4.